The van der Waals surface area contributed by atoms with Gasteiger partial charge in [-0.1, -0.05) is 24.3 Å². The molecule has 6 nitrogen and oxygen atoms in total. The number of aromatic amines is 1. The van der Waals surface area contributed by atoms with Gasteiger partial charge in [0.25, 0.3) is 5.91 Å². The van der Waals surface area contributed by atoms with Crippen LogP contribution in [0.4, 0.5) is 0 Å². The molecule has 2 aromatic heterocycles. The normalized spacial score (nSPS) is 12.1. The predicted molar refractivity (Wildman–Crippen MR) is 113 cm³/mol. The number of hydrogen-bond acceptors (Lipinski definition) is 3. The van der Waals surface area contributed by atoms with Gasteiger partial charge in [-0.15, -0.1) is 0 Å². The highest BCUT2D eigenvalue weighted by Gasteiger charge is 2.25. The van der Waals surface area contributed by atoms with Crippen molar-refractivity contribution in [1.82, 2.24) is 19.9 Å². The topological polar surface area (TPSA) is 71.9 Å². The van der Waals surface area contributed by atoms with Crippen LogP contribution in [0.3, 0.4) is 0 Å². The van der Waals surface area contributed by atoms with Crippen LogP contribution in [0, 0.1) is 13.8 Å². The molecular weight excluding hydrogens is 364 g/mol. The fourth-order valence-electron chi connectivity index (χ4n) is 3.77. The Morgan fingerprint density at radius 3 is 2.72 bits per heavy atom. The summed E-state index contributed by atoms with van der Waals surface area (Å²) in [6, 6.07) is 13.3. The molecule has 1 atom stereocenters. The third-order valence-corrected chi connectivity index (χ3v) is 5.18. The van der Waals surface area contributed by atoms with E-state index in [4.69, 9.17) is 4.74 Å². The number of H-pyrrole nitrogens is 1. The average Bonchev–Trinajstić information content (AvgIpc) is 3.32. The average molecular weight is 388 g/mol. The van der Waals surface area contributed by atoms with Crippen LogP contribution in [0.5, 0.6) is 5.75 Å². The Bertz CT molecular complexity index is 1190. The summed E-state index contributed by atoms with van der Waals surface area (Å²) in [6.07, 6.45) is 3.58. The number of para-hydroxylation sites is 1. The number of carbonyl (C=O) groups excluding carboxylic acids is 1. The van der Waals surface area contributed by atoms with E-state index in [1.165, 1.54) is 0 Å². The summed E-state index contributed by atoms with van der Waals surface area (Å²) >= 11 is 0. The van der Waals surface area contributed by atoms with Crippen molar-refractivity contribution in [3.05, 3.63) is 83.1 Å². The van der Waals surface area contributed by atoms with Crippen molar-refractivity contribution >= 4 is 16.8 Å². The highest BCUT2D eigenvalue weighted by atomic mass is 16.5. The van der Waals surface area contributed by atoms with Gasteiger partial charge in [0.05, 0.1) is 7.11 Å². The number of nitrogens with zero attached hydrogens (tertiary/aromatic N) is 2. The molecule has 1 amide bonds. The Labute approximate surface area is 169 Å². The van der Waals surface area contributed by atoms with Crippen LogP contribution in [0.15, 0.2) is 54.9 Å². The Morgan fingerprint density at radius 2 is 2.00 bits per heavy atom. The van der Waals surface area contributed by atoms with Crippen molar-refractivity contribution in [3.63, 3.8) is 0 Å². The van der Waals surface area contributed by atoms with Crippen LogP contribution in [0.1, 0.15) is 39.0 Å². The number of fused-ring (bicyclic) bond motifs is 1. The molecule has 0 aliphatic rings. The van der Waals surface area contributed by atoms with Crippen LogP contribution in [0.25, 0.3) is 10.9 Å². The highest BCUT2D eigenvalue weighted by molar-refractivity contribution is 5.99. The first-order chi connectivity index (χ1) is 14.0. The van der Waals surface area contributed by atoms with Gasteiger partial charge < -0.3 is 19.6 Å². The molecule has 4 rings (SSSR count). The molecule has 6 heteroatoms. The van der Waals surface area contributed by atoms with E-state index in [1.54, 1.807) is 13.3 Å². The van der Waals surface area contributed by atoms with E-state index in [1.807, 2.05) is 55.1 Å². The smallest absolute Gasteiger partial charge is 0.268 e. The first-order valence-corrected chi connectivity index (χ1v) is 9.49. The maximum absolute atomic E-state index is 13.2. The third kappa shape index (κ3) is 3.49. The number of ether oxygens (including phenoxy) is 1. The van der Waals surface area contributed by atoms with Gasteiger partial charge in [0, 0.05) is 35.9 Å². The van der Waals surface area contributed by atoms with Crippen LogP contribution in [-0.4, -0.2) is 27.6 Å². The zero-order valence-electron chi connectivity index (χ0n) is 17.0. The number of rotatable bonds is 5. The van der Waals surface area contributed by atoms with E-state index in [2.05, 4.69) is 34.3 Å². The number of aryl methyl sites for hydroxylation is 3. The fourth-order valence-corrected chi connectivity index (χ4v) is 3.77. The highest BCUT2D eigenvalue weighted by Crippen LogP contribution is 2.29. The number of aromatic nitrogens is 3. The molecule has 2 aromatic carbocycles. The molecule has 0 unspecified atom stereocenters. The maximum Gasteiger partial charge on any atom is 0.268 e. The van der Waals surface area contributed by atoms with Crippen LogP contribution >= 0.6 is 0 Å². The maximum atomic E-state index is 13.2. The molecule has 148 valence electrons. The summed E-state index contributed by atoms with van der Waals surface area (Å²) in [4.78, 5) is 20.9. The molecule has 0 fully saturated rings. The van der Waals surface area contributed by atoms with E-state index in [-0.39, 0.29) is 5.91 Å². The lowest BCUT2D eigenvalue weighted by molar-refractivity contribution is 0.0936. The predicted octanol–water partition coefficient (Wildman–Crippen LogP) is 4.05. The van der Waals surface area contributed by atoms with Crippen LogP contribution < -0.4 is 10.1 Å². The Balaban J connectivity index is 1.74. The lowest BCUT2D eigenvalue weighted by Crippen LogP contribution is -2.31. The van der Waals surface area contributed by atoms with Gasteiger partial charge >= 0.3 is 0 Å². The number of nitrogens with one attached hydrogen (secondary N) is 2. The molecule has 0 aliphatic heterocycles. The lowest BCUT2D eigenvalue weighted by Gasteiger charge is -2.21. The minimum Gasteiger partial charge on any atom is -0.496 e. The van der Waals surface area contributed by atoms with Crippen molar-refractivity contribution in [2.45, 2.75) is 19.9 Å². The van der Waals surface area contributed by atoms with Gasteiger partial charge in [-0.25, -0.2) is 4.98 Å². The standard InChI is InChI=1S/C23H24N4O2/c1-14-11-15(2)17-13-19(25-18(17)12-14)23(28)26-21(22-24-9-10-27(22)3)16-7-5-6-8-20(16)29-4/h5-13,21,25H,1-4H3,(H,26,28)/t21-/m1/s1. The van der Waals surface area contributed by atoms with Crippen molar-refractivity contribution in [1.29, 1.82) is 0 Å². The first-order valence-electron chi connectivity index (χ1n) is 9.49. The fraction of sp³-hybridized carbons (Fsp3) is 0.217. The summed E-state index contributed by atoms with van der Waals surface area (Å²) in [5.74, 6) is 1.23. The zero-order chi connectivity index (χ0) is 20.5. The summed E-state index contributed by atoms with van der Waals surface area (Å²) in [5, 5.41) is 4.18. The van der Waals surface area contributed by atoms with Gasteiger partial charge in [-0.05, 0) is 43.2 Å². The van der Waals surface area contributed by atoms with Crippen molar-refractivity contribution in [2.24, 2.45) is 7.05 Å². The molecule has 0 saturated carbocycles. The quantitative estimate of drug-likeness (QED) is 0.542. The van der Waals surface area contributed by atoms with Crippen LogP contribution in [-0.2, 0) is 7.05 Å². The molecule has 0 saturated heterocycles. The molecule has 0 spiro atoms. The number of hydrogen-bond donors (Lipinski definition) is 2. The number of carbonyl (C=O) groups is 1. The van der Waals surface area contributed by atoms with Crippen molar-refractivity contribution in [2.75, 3.05) is 7.11 Å². The summed E-state index contributed by atoms with van der Waals surface area (Å²) in [6.45, 7) is 4.10. The molecule has 2 N–H and O–H groups in total. The number of benzene rings is 2. The molecule has 4 aromatic rings. The molecular formula is C23H24N4O2. The van der Waals surface area contributed by atoms with Gasteiger partial charge in [0.2, 0.25) is 0 Å². The summed E-state index contributed by atoms with van der Waals surface area (Å²) in [5.41, 5.74) is 4.62. The lowest BCUT2D eigenvalue weighted by atomic mass is 10.0. The van der Waals surface area contributed by atoms with Crippen LogP contribution in [0.2, 0.25) is 0 Å². The van der Waals surface area contributed by atoms with Gasteiger partial charge in [-0.2, -0.15) is 0 Å². The minimum atomic E-state index is -0.451. The van der Waals surface area contributed by atoms with E-state index in [0.717, 1.165) is 33.4 Å². The zero-order valence-corrected chi connectivity index (χ0v) is 17.0. The van der Waals surface area contributed by atoms with Gasteiger partial charge in [0.15, 0.2) is 0 Å². The molecule has 29 heavy (non-hydrogen) atoms. The second-order valence-corrected chi connectivity index (χ2v) is 7.27. The number of methoxy groups -OCH3 is 1. The largest absolute Gasteiger partial charge is 0.496 e. The van der Waals surface area contributed by atoms with E-state index in [0.29, 0.717) is 11.4 Å². The van der Waals surface area contributed by atoms with Gasteiger partial charge in [0.1, 0.15) is 23.3 Å². The van der Waals surface area contributed by atoms with E-state index < -0.39 is 6.04 Å². The monoisotopic (exact) mass is 388 g/mol. The Morgan fingerprint density at radius 1 is 1.21 bits per heavy atom. The summed E-state index contributed by atoms with van der Waals surface area (Å²) < 4.78 is 7.43. The minimum absolute atomic E-state index is 0.197. The molecule has 0 bridgehead atoms. The Hall–Kier alpha value is -3.54. The van der Waals surface area contributed by atoms with Gasteiger partial charge in [-0.3, -0.25) is 4.79 Å². The second-order valence-electron chi connectivity index (χ2n) is 7.27. The SMILES string of the molecule is COc1ccccc1[C@@H](NC(=O)c1cc2c(C)cc(C)cc2[nH]1)c1nccn1C. The second kappa shape index (κ2) is 7.47. The third-order valence-electron chi connectivity index (χ3n) is 5.18. The molecule has 0 radical (unpaired) electrons. The first kappa shape index (κ1) is 18.8. The summed E-state index contributed by atoms with van der Waals surface area (Å²) in [7, 11) is 3.53. The van der Waals surface area contributed by atoms with E-state index >= 15 is 0 Å². The van der Waals surface area contributed by atoms with E-state index in [9.17, 15) is 4.79 Å². The molecule has 2 heterocycles. The van der Waals surface area contributed by atoms with Crippen molar-refractivity contribution in [3.8, 4) is 5.75 Å². The molecule has 0 aliphatic carbocycles. The number of amides is 1. The number of imidazole rings is 1. The van der Waals surface area contributed by atoms with Crippen molar-refractivity contribution < 1.29 is 9.53 Å². The Kier molecular flexibility index (Phi) is 4.84.